The molecule has 0 aromatic heterocycles. The van der Waals surface area contributed by atoms with Gasteiger partial charge >= 0.3 is 11.9 Å². The van der Waals surface area contributed by atoms with Gasteiger partial charge in [0.1, 0.15) is 0 Å². The van der Waals surface area contributed by atoms with E-state index in [-0.39, 0.29) is 34.9 Å². The van der Waals surface area contributed by atoms with Crippen molar-refractivity contribution in [2.45, 2.75) is 25.2 Å². The van der Waals surface area contributed by atoms with Crippen molar-refractivity contribution in [2.24, 2.45) is 11.8 Å². The highest BCUT2D eigenvalue weighted by molar-refractivity contribution is 6.25. The molecule has 3 amide bonds. The van der Waals surface area contributed by atoms with E-state index in [0.717, 1.165) is 27.2 Å². The molecule has 9 nitrogen and oxygen atoms in total. The van der Waals surface area contributed by atoms with Gasteiger partial charge < -0.3 is 14.8 Å². The summed E-state index contributed by atoms with van der Waals surface area (Å²) in [4.78, 5) is 67.4. The normalized spacial score (nSPS) is 20.4. The average molecular weight is 615 g/mol. The van der Waals surface area contributed by atoms with E-state index in [0.29, 0.717) is 24.3 Å². The second kappa shape index (κ2) is 11.7. The van der Waals surface area contributed by atoms with Gasteiger partial charge in [0.25, 0.3) is 5.91 Å². The van der Waals surface area contributed by atoms with E-state index in [9.17, 15) is 24.0 Å². The van der Waals surface area contributed by atoms with Crippen molar-refractivity contribution < 1.29 is 33.4 Å². The molecule has 8 rings (SSSR count). The van der Waals surface area contributed by atoms with Crippen LogP contribution >= 0.6 is 0 Å². The third-order valence-electron chi connectivity index (χ3n) is 8.99. The van der Waals surface area contributed by atoms with E-state index < -0.39 is 36.3 Å². The number of amides is 3. The monoisotopic (exact) mass is 614 g/mol. The lowest BCUT2D eigenvalue weighted by Gasteiger charge is -2.45. The highest BCUT2D eigenvalue weighted by Crippen LogP contribution is 2.61. The lowest BCUT2D eigenvalue weighted by molar-refractivity contribution is -0.122. The molecular weight excluding hydrogens is 584 g/mol. The standard InChI is InChI=1S/C37H30N2O7/c1-2-19-45-36(43)21-15-17-22(18-16-21)38-29(40)20-46-37(44)27-13-7-8-14-28(27)39-34(41)32-30-23-9-3-4-10-24(23)31(33(32)35(39)42)26-12-6-5-11-25(26)30/h3-18,30-33H,2,19-20H2,1H3,(H,38,40)/t30?,31?,32-,33+. The third kappa shape index (κ3) is 4.75. The van der Waals surface area contributed by atoms with Crippen LogP contribution in [0.4, 0.5) is 11.4 Å². The van der Waals surface area contributed by atoms with Crippen molar-refractivity contribution in [3.63, 3.8) is 0 Å². The Kier molecular flexibility index (Phi) is 7.44. The van der Waals surface area contributed by atoms with Crippen LogP contribution < -0.4 is 10.2 Å². The van der Waals surface area contributed by atoms with Crippen LogP contribution in [0.2, 0.25) is 0 Å². The minimum Gasteiger partial charge on any atom is -0.462 e. The number of hydrogen-bond acceptors (Lipinski definition) is 7. The van der Waals surface area contributed by atoms with Crippen LogP contribution in [0, 0.1) is 11.8 Å². The number of ether oxygens (including phenoxy) is 2. The fourth-order valence-electron chi connectivity index (χ4n) is 7.13. The Morgan fingerprint density at radius 1 is 0.674 bits per heavy atom. The van der Waals surface area contributed by atoms with E-state index in [2.05, 4.69) is 5.32 Å². The minimum atomic E-state index is -0.843. The lowest BCUT2D eigenvalue weighted by atomic mass is 9.55. The Hall–Kier alpha value is -5.57. The smallest absolute Gasteiger partial charge is 0.340 e. The average Bonchev–Trinajstić information content (AvgIpc) is 3.36. The van der Waals surface area contributed by atoms with Crippen LogP contribution in [0.3, 0.4) is 0 Å². The first-order valence-corrected chi connectivity index (χ1v) is 15.3. The van der Waals surface area contributed by atoms with Crippen LogP contribution in [0.25, 0.3) is 0 Å². The van der Waals surface area contributed by atoms with E-state index in [1.54, 1.807) is 30.3 Å². The molecule has 9 heteroatoms. The highest BCUT2D eigenvalue weighted by Gasteiger charge is 2.62. The molecule has 46 heavy (non-hydrogen) atoms. The molecule has 1 aliphatic heterocycles. The maximum absolute atomic E-state index is 14.2. The number of esters is 2. The number of rotatable bonds is 8. The van der Waals surface area contributed by atoms with Gasteiger partial charge in [-0.3, -0.25) is 14.4 Å². The van der Waals surface area contributed by atoms with Gasteiger partial charge in [0.2, 0.25) is 11.8 Å². The molecule has 0 saturated carbocycles. The Labute approximate surface area is 265 Å². The number of imide groups is 1. The highest BCUT2D eigenvalue weighted by atomic mass is 16.5. The van der Waals surface area contributed by atoms with E-state index in [4.69, 9.17) is 9.47 Å². The molecule has 2 atom stereocenters. The van der Waals surface area contributed by atoms with Crippen LogP contribution in [-0.2, 0) is 23.9 Å². The minimum absolute atomic E-state index is 0.00738. The van der Waals surface area contributed by atoms with E-state index >= 15 is 0 Å². The Bertz CT molecular complexity index is 1780. The number of anilines is 2. The van der Waals surface area contributed by atoms with Gasteiger partial charge in [0, 0.05) is 17.5 Å². The second-order valence-corrected chi connectivity index (χ2v) is 11.6. The summed E-state index contributed by atoms with van der Waals surface area (Å²) in [7, 11) is 0. The predicted octanol–water partition coefficient (Wildman–Crippen LogP) is 5.45. The molecule has 4 aromatic carbocycles. The van der Waals surface area contributed by atoms with Crippen LogP contribution in [0.1, 0.15) is 68.2 Å². The molecule has 1 fully saturated rings. The summed E-state index contributed by atoms with van der Waals surface area (Å²) in [6.45, 7) is 1.61. The molecule has 4 aliphatic rings. The molecule has 2 bridgehead atoms. The summed E-state index contributed by atoms with van der Waals surface area (Å²) < 4.78 is 10.4. The van der Waals surface area contributed by atoms with Crippen molar-refractivity contribution in [1.82, 2.24) is 0 Å². The molecule has 1 saturated heterocycles. The first kappa shape index (κ1) is 29.2. The van der Waals surface area contributed by atoms with Crippen molar-refractivity contribution in [3.8, 4) is 0 Å². The zero-order valence-corrected chi connectivity index (χ0v) is 25.0. The van der Waals surface area contributed by atoms with Gasteiger partial charge in [-0.05, 0) is 65.1 Å². The SMILES string of the molecule is CCCOC(=O)c1ccc(NC(=O)COC(=O)c2ccccc2N2C(=O)[C@@H]3C4c5ccccc5C(c5ccccc54)[C@@H]3C2=O)cc1. The van der Waals surface area contributed by atoms with Gasteiger partial charge in [-0.2, -0.15) is 0 Å². The molecular formula is C37H30N2O7. The Morgan fingerprint density at radius 3 is 1.74 bits per heavy atom. The van der Waals surface area contributed by atoms with Gasteiger partial charge in [-0.15, -0.1) is 0 Å². The summed E-state index contributed by atoms with van der Waals surface area (Å²) >= 11 is 0. The largest absolute Gasteiger partial charge is 0.462 e. The summed E-state index contributed by atoms with van der Waals surface area (Å²) in [5.74, 6) is -4.35. The maximum Gasteiger partial charge on any atom is 0.340 e. The fraction of sp³-hybridized carbons (Fsp3) is 0.216. The summed E-state index contributed by atoms with van der Waals surface area (Å²) in [6.07, 6.45) is 0.708. The lowest BCUT2D eigenvalue weighted by Crippen LogP contribution is -2.41. The molecule has 0 spiro atoms. The van der Waals surface area contributed by atoms with Crippen LogP contribution in [0.5, 0.6) is 0 Å². The van der Waals surface area contributed by atoms with Gasteiger partial charge in [0.05, 0.1) is 35.3 Å². The summed E-state index contributed by atoms with van der Waals surface area (Å²) in [6, 6.07) is 28.4. The van der Waals surface area contributed by atoms with Crippen molar-refractivity contribution in [3.05, 3.63) is 130 Å². The Morgan fingerprint density at radius 2 is 1.20 bits per heavy atom. The van der Waals surface area contributed by atoms with E-state index in [1.165, 1.54) is 18.2 Å². The van der Waals surface area contributed by atoms with Crippen molar-refractivity contribution >= 4 is 41.0 Å². The molecule has 230 valence electrons. The number of nitrogens with zero attached hydrogens (tertiary/aromatic N) is 1. The molecule has 3 aliphatic carbocycles. The topological polar surface area (TPSA) is 119 Å². The summed E-state index contributed by atoms with van der Waals surface area (Å²) in [5.41, 5.74) is 5.12. The van der Waals surface area contributed by atoms with Crippen molar-refractivity contribution in [1.29, 1.82) is 0 Å². The number of hydrogen-bond donors (Lipinski definition) is 1. The van der Waals surface area contributed by atoms with Gasteiger partial charge in [-0.1, -0.05) is 67.6 Å². The van der Waals surface area contributed by atoms with Gasteiger partial charge in [-0.25, -0.2) is 14.5 Å². The van der Waals surface area contributed by atoms with E-state index in [1.807, 2.05) is 55.5 Å². The third-order valence-corrected chi connectivity index (χ3v) is 8.99. The number of carbonyl (C=O) groups is 5. The summed E-state index contributed by atoms with van der Waals surface area (Å²) in [5, 5.41) is 2.62. The first-order valence-electron chi connectivity index (χ1n) is 15.3. The number of nitrogens with one attached hydrogen (secondary N) is 1. The van der Waals surface area contributed by atoms with Crippen molar-refractivity contribution in [2.75, 3.05) is 23.4 Å². The first-order chi connectivity index (χ1) is 22.4. The molecule has 0 radical (unpaired) electrons. The second-order valence-electron chi connectivity index (χ2n) is 11.6. The Balaban J connectivity index is 1.09. The molecule has 4 aromatic rings. The molecule has 0 unspecified atom stereocenters. The fourth-order valence-corrected chi connectivity index (χ4v) is 7.13. The van der Waals surface area contributed by atoms with Crippen LogP contribution in [-0.4, -0.2) is 42.9 Å². The molecule has 1 N–H and O–H groups in total. The zero-order valence-electron chi connectivity index (χ0n) is 25.0. The number of benzene rings is 4. The van der Waals surface area contributed by atoms with Crippen LogP contribution in [0.15, 0.2) is 97.1 Å². The molecule has 1 heterocycles. The zero-order chi connectivity index (χ0) is 31.9. The maximum atomic E-state index is 14.2. The number of carbonyl (C=O) groups excluding carboxylic acids is 5. The predicted molar refractivity (Wildman–Crippen MR) is 168 cm³/mol. The number of para-hydroxylation sites is 1. The quantitative estimate of drug-likeness (QED) is 0.207. The van der Waals surface area contributed by atoms with Gasteiger partial charge in [0.15, 0.2) is 6.61 Å².